The first-order valence-electron chi connectivity index (χ1n) is 11.3. The smallest absolute Gasteiger partial charge is 0.264 e. The number of sulfonamides is 1. The Morgan fingerprint density at radius 2 is 1.58 bits per heavy atom. The average Bonchev–Trinajstić information content (AvgIpc) is 2.87. The molecule has 0 saturated heterocycles. The van der Waals surface area contributed by atoms with Gasteiger partial charge in [-0.3, -0.25) is 13.9 Å². The summed E-state index contributed by atoms with van der Waals surface area (Å²) in [6.45, 7) is 3.51. The molecule has 7 nitrogen and oxygen atoms in total. The summed E-state index contributed by atoms with van der Waals surface area (Å²) in [5.41, 5.74) is 1.14. The highest BCUT2D eigenvalue weighted by molar-refractivity contribution is 9.10. The fourth-order valence-electron chi connectivity index (χ4n) is 3.57. The standard InChI is InChI=1S/C26H27Br2N3O4S/c1-3-29-26(33)19(2)30(17-20-12-14-21(27)15-13-20)25(32)18-31(23-9-7-8-22(28)16-23)36(34,35)24-10-5-4-6-11-24/h4-16,19H,3,17-18H2,1-2H3,(H,29,33). The topological polar surface area (TPSA) is 86.8 Å². The Morgan fingerprint density at radius 1 is 0.917 bits per heavy atom. The zero-order valence-electron chi connectivity index (χ0n) is 19.9. The minimum absolute atomic E-state index is 0.0639. The molecule has 1 N–H and O–H groups in total. The number of likely N-dealkylation sites (N-methyl/N-ethyl adjacent to an activating group) is 1. The number of carbonyl (C=O) groups excluding carboxylic acids is 2. The van der Waals surface area contributed by atoms with Gasteiger partial charge in [-0.15, -0.1) is 0 Å². The maximum absolute atomic E-state index is 13.7. The van der Waals surface area contributed by atoms with Gasteiger partial charge in [0.25, 0.3) is 10.0 Å². The van der Waals surface area contributed by atoms with Crippen molar-refractivity contribution in [1.29, 1.82) is 0 Å². The Morgan fingerprint density at radius 3 is 2.19 bits per heavy atom. The first kappa shape index (κ1) is 27.9. The number of hydrogen-bond acceptors (Lipinski definition) is 4. The molecular weight excluding hydrogens is 610 g/mol. The van der Waals surface area contributed by atoms with Gasteiger partial charge in [-0.1, -0.05) is 68.3 Å². The lowest BCUT2D eigenvalue weighted by Crippen LogP contribution is -2.51. The second-order valence-electron chi connectivity index (χ2n) is 8.02. The van der Waals surface area contributed by atoms with Crippen molar-refractivity contribution in [3.63, 3.8) is 0 Å². The monoisotopic (exact) mass is 635 g/mol. The van der Waals surface area contributed by atoms with Gasteiger partial charge in [0.1, 0.15) is 12.6 Å². The Hall–Kier alpha value is -2.69. The van der Waals surface area contributed by atoms with Crippen molar-refractivity contribution < 1.29 is 18.0 Å². The molecule has 190 valence electrons. The van der Waals surface area contributed by atoms with E-state index >= 15 is 0 Å². The lowest BCUT2D eigenvalue weighted by Gasteiger charge is -2.32. The van der Waals surface area contributed by atoms with E-state index in [9.17, 15) is 18.0 Å². The molecule has 0 aromatic heterocycles. The van der Waals surface area contributed by atoms with E-state index in [2.05, 4.69) is 37.2 Å². The minimum atomic E-state index is -4.08. The van der Waals surface area contributed by atoms with Gasteiger partial charge in [-0.25, -0.2) is 8.42 Å². The minimum Gasteiger partial charge on any atom is -0.355 e. The van der Waals surface area contributed by atoms with Crippen LogP contribution in [0.3, 0.4) is 0 Å². The van der Waals surface area contributed by atoms with Gasteiger partial charge in [0.2, 0.25) is 11.8 Å². The summed E-state index contributed by atoms with van der Waals surface area (Å²) in [5, 5.41) is 2.75. The summed E-state index contributed by atoms with van der Waals surface area (Å²) in [7, 11) is -4.08. The van der Waals surface area contributed by atoms with Crippen molar-refractivity contribution in [1.82, 2.24) is 10.2 Å². The van der Waals surface area contributed by atoms with Gasteiger partial charge < -0.3 is 10.2 Å². The van der Waals surface area contributed by atoms with E-state index in [1.165, 1.54) is 17.0 Å². The summed E-state index contributed by atoms with van der Waals surface area (Å²) in [4.78, 5) is 27.9. The Bertz CT molecular complexity index is 1300. The van der Waals surface area contributed by atoms with Gasteiger partial charge >= 0.3 is 0 Å². The summed E-state index contributed by atoms with van der Waals surface area (Å²) in [6, 6.07) is 21.3. The van der Waals surface area contributed by atoms with Gasteiger partial charge in [0.15, 0.2) is 0 Å². The van der Waals surface area contributed by atoms with Crippen molar-refractivity contribution in [2.24, 2.45) is 0 Å². The molecule has 3 rings (SSSR count). The zero-order chi connectivity index (χ0) is 26.3. The number of benzene rings is 3. The van der Waals surface area contributed by atoms with Crippen molar-refractivity contribution in [2.45, 2.75) is 31.3 Å². The van der Waals surface area contributed by atoms with Crippen LogP contribution in [0.25, 0.3) is 0 Å². The number of rotatable bonds is 10. The number of amides is 2. The van der Waals surface area contributed by atoms with Crippen LogP contribution in [0.2, 0.25) is 0 Å². The van der Waals surface area contributed by atoms with Crippen molar-refractivity contribution in [3.05, 3.63) is 93.4 Å². The molecule has 0 saturated carbocycles. The van der Waals surface area contributed by atoms with E-state index < -0.39 is 28.5 Å². The van der Waals surface area contributed by atoms with Crippen LogP contribution in [0.4, 0.5) is 5.69 Å². The molecule has 1 atom stereocenters. The number of nitrogens with one attached hydrogen (secondary N) is 1. The van der Waals surface area contributed by atoms with E-state index in [-0.39, 0.29) is 17.3 Å². The lowest BCUT2D eigenvalue weighted by atomic mass is 10.1. The van der Waals surface area contributed by atoms with Gasteiger partial charge in [-0.2, -0.15) is 0 Å². The third-order valence-corrected chi connectivity index (χ3v) is 8.30. The van der Waals surface area contributed by atoms with Crippen LogP contribution in [0.1, 0.15) is 19.4 Å². The second kappa shape index (κ2) is 12.5. The zero-order valence-corrected chi connectivity index (χ0v) is 23.9. The third-order valence-electron chi connectivity index (χ3n) is 5.49. The molecule has 3 aromatic carbocycles. The Labute approximate surface area is 228 Å². The molecular formula is C26H27Br2N3O4S. The van der Waals surface area contributed by atoms with Crippen LogP contribution in [0.5, 0.6) is 0 Å². The van der Waals surface area contributed by atoms with Crippen molar-refractivity contribution >= 4 is 59.4 Å². The van der Waals surface area contributed by atoms with Gasteiger partial charge in [0.05, 0.1) is 10.6 Å². The van der Waals surface area contributed by atoms with Crippen LogP contribution in [-0.4, -0.2) is 44.3 Å². The third kappa shape index (κ3) is 6.96. The predicted molar refractivity (Wildman–Crippen MR) is 148 cm³/mol. The second-order valence-corrected chi connectivity index (χ2v) is 11.7. The maximum Gasteiger partial charge on any atom is 0.264 e. The first-order chi connectivity index (χ1) is 17.1. The molecule has 0 heterocycles. The maximum atomic E-state index is 13.7. The molecule has 0 bridgehead atoms. The molecule has 0 aliphatic heterocycles. The molecule has 0 spiro atoms. The van der Waals surface area contributed by atoms with E-state index in [1.54, 1.807) is 56.3 Å². The molecule has 0 radical (unpaired) electrons. The molecule has 10 heteroatoms. The molecule has 36 heavy (non-hydrogen) atoms. The van der Waals surface area contributed by atoms with Crippen LogP contribution in [0, 0.1) is 0 Å². The number of anilines is 1. The quantitative estimate of drug-likeness (QED) is 0.341. The van der Waals surface area contributed by atoms with Crippen LogP contribution in [-0.2, 0) is 26.2 Å². The summed E-state index contributed by atoms with van der Waals surface area (Å²) in [6.07, 6.45) is 0. The number of halogens is 2. The molecule has 0 aliphatic carbocycles. The highest BCUT2D eigenvalue weighted by Crippen LogP contribution is 2.27. The van der Waals surface area contributed by atoms with E-state index in [1.807, 2.05) is 24.3 Å². The summed E-state index contributed by atoms with van der Waals surface area (Å²) in [5.74, 6) is -0.820. The van der Waals surface area contributed by atoms with Gasteiger partial charge in [-0.05, 0) is 61.9 Å². The first-order valence-corrected chi connectivity index (χ1v) is 14.3. The predicted octanol–water partition coefficient (Wildman–Crippen LogP) is 4.96. The normalized spacial score (nSPS) is 12.0. The van der Waals surface area contributed by atoms with Crippen molar-refractivity contribution in [2.75, 3.05) is 17.4 Å². The lowest BCUT2D eigenvalue weighted by molar-refractivity contribution is -0.139. The van der Waals surface area contributed by atoms with Crippen LogP contribution in [0.15, 0.2) is 92.7 Å². The Balaban J connectivity index is 2.01. The van der Waals surface area contributed by atoms with Crippen molar-refractivity contribution in [3.8, 4) is 0 Å². The van der Waals surface area contributed by atoms with E-state index in [0.29, 0.717) is 16.7 Å². The number of carbonyl (C=O) groups is 2. The molecule has 0 fully saturated rings. The summed E-state index contributed by atoms with van der Waals surface area (Å²) < 4.78 is 30.0. The highest BCUT2D eigenvalue weighted by Gasteiger charge is 2.32. The fraction of sp³-hybridized carbons (Fsp3) is 0.231. The summed E-state index contributed by atoms with van der Waals surface area (Å²) >= 11 is 6.78. The fourth-order valence-corrected chi connectivity index (χ4v) is 5.65. The van der Waals surface area contributed by atoms with E-state index in [4.69, 9.17) is 0 Å². The van der Waals surface area contributed by atoms with E-state index in [0.717, 1.165) is 14.3 Å². The number of hydrogen-bond donors (Lipinski definition) is 1. The highest BCUT2D eigenvalue weighted by atomic mass is 79.9. The van der Waals surface area contributed by atoms with Crippen LogP contribution >= 0.6 is 31.9 Å². The average molecular weight is 637 g/mol. The Kier molecular flexibility index (Phi) is 9.69. The molecule has 2 amide bonds. The van der Waals surface area contributed by atoms with Crippen LogP contribution < -0.4 is 9.62 Å². The number of nitrogens with zero attached hydrogens (tertiary/aromatic N) is 2. The largest absolute Gasteiger partial charge is 0.355 e. The molecule has 0 aliphatic rings. The molecule has 3 aromatic rings. The SMILES string of the molecule is CCNC(=O)C(C)N(Cc1ccc(Br)cc1)C(=O)CN(c1cccc(Br)c1)S(=O)(=O)c1ccccc1. The van der Waals surface area contributed by atoms with Gasteiger partial charge in [0, 0.05) is 22.0 Å². The molecule has 1 unspecified atom stereocenters.